The standard InChI is InChI=1S/C7H13NO3/c9-4-5-1-2-6(3-5)8-7(10)11/h5-6,8-9H,1-4H2,(H,10,11)/t5-,6+/m1/s1. The Labute approximate surface area is 65.2 Å². The van der Waals surface area contributed by atoms with Crippen LogP contribution in [-0.2, 0) is 0 Å². The zero-order valence-electron chi connectivity index (χ0n) is 6.29. The van der Waals surface area contributed by atoms with Crippen LogP contribution in [0.15, 0.2) is 0 Å². The normalized spacial score (nSPS) is 30.3. The number of aliphatic hydroxyl groups is 1. The zero-order valence-corrected chi connectivity index (χ0v) is 6.29. The maximum absolute atomic E-state index is 10.2. The number of nitrogens with one attached hydrogen (secondary N) is 1. The Bertz CT molecular complexity index is 149. The van der Waals surface area contributed by atoms with Crippen LogP contribution in [0.3, 0.4) is 0 Å². The summed E-state index contributed by atoms with van der Waals surface area (Å²) in [6.45, 7) is 0.178. The molecule has 1 fully saturated rings. The molecule has 0 spiro atoms. The Kier molecular flexibility index (Phi) is 2.70. The highest BCUT2D eigenvalue weighted by Crippen LogP contribution is 2.24. The van der Waals surface area contributed by atoms with Crippen molar-refractivity contribution in [2.45, 2.75) is 25.3 Å². The van der Waals surface area contributed by atoms with Gasteiger partial charge in [-0.1, -0.05) is 0 Å². The van der Waals surface area contributed by atoms with Crippen molar-refractivity contribution in [2.75, 3.05) is 6.61 Å². The summed E-state index contributed by atoms with van der Waals surface area (Å²) in [6.07, 6.45) is 1.61. The lowest BCUT2D eigenvalue weighted by atomic mass is 10.1. The van der Waals surface area contributed by atoms with Gasteiger partial charge >= 0.3 is 6.09 Å². The molecule has 0 unspecified atom stereocenters. The van der Waals surface area contributed by atoms with Gasteiger partial charge in [0.2, 0.25) is 0 Å². The molecule has 0 aromatic heterocycles. The number of aliphatic hydroxyl groups excluding tert-OH is 1. The van der Waals surface area contributed by atoms with Crippen molar-refractivity contribution >= 4 is 6.09 Å². The van der Waals surface area contributed by atoms with Crippen LogP contribution < -0.4 is 5.32 Å². The molecule has 0 bridgehead atoms. The van der Waals surface area contributed by atoms with Crippen molar-refractivity contribution in [1.29, 1.82) is 0 Å². The van der Waals surface area contributed by atoms with E-state index in [2.05, 4.69) is 5.32 Å². The monoisotopic (exact) mass is 159 g/mol. The zero-order chi connectivity index (χ0) is 8.27. The summed E-state index contributed by atoms with van der Waals surface area (Å²) in [5.74, 6) is 0.298. The summed E-state index contributed by atoms with van der Waals surface area (Å²) in [5.41, 5.74) is 0. The first-order valence-electron chi connectivity index (χ1n) is 3.82. The van der Waals surface area contributed by atoms with Gasteiger partial charge < -0.3 is 15.5 Å². The van der Waals surface area contributed by atoms with E-state index in [0.29, 0.717) is 5.92 Å². The minimum atomic E-state index is -0.964. The first kappa shape index (κ1) is 8.33. The van der Waals surface area contributed by atoms with E-state index in [1.807, 2.05) is 0 Å². The van der Waals surface area contributed by atoms with Gasteiger partial charge in [0.1, 0.15) is 0 Å². The summed E-state index contributed by atoms with van der Waals surface area (Å²) >= 11 is 0. The number of hydrogen-bond donors (Lipinski definition) is 3. The van der Waals surface area contributed by atoms with Gasteiger partial charge in [-0.05, 0) is 25.2 Å². The van der Waals surface area contributed by atoms with Crippen molar-refractivity contribution in [3.8, 4) is 0 Å². The highest BCUT2D eigenvalue weighted by atomic mass is 16.4. The number of hydrogen-bond acceptors (Lipinski definition) is 2. The molecule has 1 rings (SSSR count). The lowest BCUT2D eigenvalue weighted by Crippen LogP contribution is -2.31. The molecule has 3 N–H and O–H groups in total. The lowest BCUT2D eigenvalue weighted by Gasteiger charge is -2.08. The van der Waals surface area contributed by atoms with E-state index in [-0.39, 0.29) is 12.6 Å². The van der Waals surface area contributed by atoms with E-state index >= 15 is 0 Å². The second kappa shape index (κ2) is 3.57. The highest BCUT2D eigenvalue weighted by molar-refractivity contribution is 5.64. The van der Waals surface area contributed by atoms with Gasteiger partial charge in [0, 0.05) is 12.6 Å². The Hall–Kier alpha value is -0.770. The average Bonchev–Trinajstić information content (AvgIpc) is 2.34. The minimum absolute atomic E-state index is 0.0599. The molecule has 4 nitrogen and oxygen atoms in total. The van der Waals surface area contributed by atoms with Gasteiger partial charge in [-0.3, -0.25) is 0 Å². The third-order valence-corrected chi connectivity index (χ3v) is 2.13. The summed E-state index contributed by atoms with van der Waals surface area (Å²) in [7, 11) is 0. The molecule has 0 heterocycles. The molecular weight excluding hydrogens is 146 g/mol. The van der Waals surface area contributed by atoms with Crippen LogP contribution in [-0.4, -0.2) is 29.0 Å². The third kappa shape index (κ3) is 2.38. The quantitative estimate of drug-likeness (QED) is 0.546. The molecular formula is C7H13NO3. The first-order chi connectivity index (χ1) is 5.22. The van der Waals surface area contributed by atoms with Crippen LogP contribution in [0.4, 0.5) is 4.79 Å². The Morgan fingerprint density at radius 3 is 2.73 bits per heavy atom. The first-order valence-corrected chi connectivity index (χ1v) is 3.82. The average molecular weight is 159 g/mol. The molecule has 1 aliphatic rings. The number of rotatable bonds is 2. The maximum Gasteiger partial charge on any atom is 0.404 e. The molecule has 4 heteroatoms. The van der Waals surface area contributed by atoms with E-state index in [1.54, 1.807) is 0 Å². The Morgan fingerprint density at radius 1 is 1.55 bits per heavy atom. The molecule has 64 valence electrons. The molecule has 0 saturated heterocycles. The highest BCUT2D eigenvalue weighted by Gasteiger charge is 2.24. The van der Waals surface area contributed by atoms with Crippen LogP contribution >= 0.6 is 0 Å². The van der Waals surface area contributed by atoms with Crippen molar-refractivity contribution in [1.82, 2.24) is 5.32 Å². The fraction of sp³-hybridized carbons (Fsp3) is 0.857. The summed E-state index contributed by atoms with van der Waals surface area (Å²) in [4.78, 5) is 10.2. The molecule has 0 radical (unpaired) electrons. The minimum Gasteiger partial charge on any atom is -0.465 e. The van der Waals surface area contributed by atoms with Gasteiger partial charge in [-0.25, -0.2) is 4.79 Å². The smallest absolute Gasteiger partial charge is 0.404 e. The number of carboxylic acid groups (broad SMARTS) is 1. The predicted molar refractivity (Wildman–Crippen MR) is 39.4 cm³/mol. The summed E-state index contributed by atoms with van der Waals surface area (Å²) < 4.78 is 0. The van der Waals surface area contributed by atoms with E-state index in [4.69, 9.17) is 10.2 Å². The second-order valence-corrected chi connectivity index (χ2v) is 3.01. The topological polar surface area (TPSA) is 69.6 Å². The summed E-state index contributed by atoms with van der Waals surface area (Å²) in [5, 5.41) is 19.5. The molecule has 0 aliphatic heterocycles. The van der Waals surface area contributed by atoms with Gasteiger partial charge in [-0.2, -0.15) is 0 Å². The predicted octanol–water partition coefficient (Wildman–Crippen LogP) is 0.415. The van der Waals surface area contributed by atoms with Crippen molar-refractivity contribution < 1.29 is 15.0 Å². The van der Waals surface area contributed by atoms with E-state index < -0.39 is 6.09 Å². The molecule has 2 atom stereocenters. The molecule has 0 aromatic rings. The molecule has 0 aromatic carbocycles. The lowest BCUT2D eigenvalue weighted by molar-refractivity contribution is 0.188. The number of amides is 1. The van der Waals surface area contributed by atoms with Crippen molar-refractivity contribution in [3.63, 3.8) is 0 Å². The van der Waals surface area contributed by atoms with Crippen LogP contribution in [0, 0.1) is 5.92 Å². The van der Waals surface area contributed by atoms with Gasteiger partial charge in [-0.15, -0.1) is 0 Å². The van der Waals surface area contributed by atoms with E-state index in [0.717, 1.165) is 19.3 Å². The van der Waals surface area contributed by atoms with E-state index in [9.17, 15) is 4.79 Å². The van der Waals surface area contributed by atoms with Crippen LogP contribution in [0.25, 0.3) is 0 Å². The van der Waals surface area contributed by atoms with Gasteiger partial charge in [0.15, 0.2) is 0 Å². The molecule has 1 saturated carbocycles. The van der Waals surface area contributed by atoms with Gasteiger partial charge in [0.25, 0.3) is 0 Å². The fourth-order valence-corrected chi connectivity index (χ4v) is 1.55. The van der Waals surface area contributed by atoms with Crippen LogP contribution in [0.5, 0.6) is 0 Å². The molecule has 1 amide bonds. The van der Waals surface area contributed by atoms with Crippen LogP contribution in [0.1, 0.15) is 19.3 Å². The Morgan fingerprint density at radius 2 is 2.27 bits per heavy atom. The third-order valence-electron chi connectivity index (χ3n) is 2.13. The van der Waals surface area contributed by atoms with Gasteiger partial charge in [0.05, 0.1) is 0 Å². The molecule has 1 aliphatic carbocycles. The van der Waals surface area contributed by atoms with Crippen molar-refractivity contribution in [3.05, 3.63) is 0 Å². The van der Waals surface area contributed by atoms with Crippen LogP contribution in [0.2, 0.25) is 0 Å². The fourth-order valence-electron chi connectivity index (χ4n) is 1.55. The maximum atomic E-state index is 10.2. The van der Waals surface area contributed by atoms with Crippen molar-refractivity contribution in [2.24, 2.45) is 5.92 Å². The Balaban J connectivity index is 2.24. The second-order valence-electron chi connectivity index (χ2n) is 3.01. The number of carbonyl (C=O) groups is 1. The summed E-state index contributed by atoms with van der Waals surface area (Å²) in [6, 6.07) is 0.0599. The molecule has 11 heavy (non-hydrogen) atoms. The largest absolute Gasteiger partial charge is 0.465 e. The SMILES string of the molecule is O=C(O)N[C@H]1CC[C@@H](CO)C1. The van der Waals surface area contributed by atoms with E-state index in [1.165, 1.54) is 0 Å².